The van der Waals surface area contributed by atoms with E-state index in [-0.39, 0.29) is 11.5 Å². The van der Waals surface area contributed by atoms with Crippen LogP contribution in [0.4, 0.5) is 0 Å². The molecule has 1 atom stereocenters. The molecule has 0 spiro atoms. The predicted molar refractivity (Wildman–Crippen MR) is 86.8 cm³/mol. The van der Waals surface area contributed by atoms with Gasteiger partial charge in [-0.25, -0.2) is 4.98 Å². The maximum atomic E-state index is 5.98. The third-order valence-corrected chi connectivity index (χ3v) is 3.54. The Morgan fingerprint density at radius 1 is 1.19 bits per heavy atom. The summed E-state index contributed by atoms with van der Waals surface area (Å²) < 4.78 is 5.98. The smallest absolute Gasteiger partial charge is 0.223 e. The van der Waals surface area contributed by atoms with Crippen molar-refractivity contribution in [2.24, 2.45) is 5.73 Å². The number of nitrogens with two attached hydrogens (primary N) is 1. The number of aromatic nitrogens is 1. The SMILES string of the molecule is Cc1cc(C(C)(C)C)ccc1Oc1ncccc1[C@@H](C)N. The molecule has 0 fully saturated rings. The van der Waals surface area contributed by atoms with E-state index in [1.54, 1.807) is 6.20 Å². The minimum atomic E-state index is -0.108. The maximum Gasteiger partial charge on any atom is 0.223 e. The summed E-state index contributed by atoms with van der Waals surface area (Å²) >= 11 is 0. The lowest BCUT2D eigenvalue weighted by atomic mass is 9.86. The van der Waals surface area contributed by atoms with Crippen LogP contribution >= 0.6 is 0 Å². The molecule has 112 valence electrons. The molecule has 0 bridgehead atoms. The molecule has 0 saturated carbocycles. The molecule has 0 amide bonds. The summed E-state index contributed by atoms with van der Waals surface area (Å²) in [5, 5.41) is 0. The number of benzene rings is 1. The van der Waals surface area contributed by atoms with Gasteiger partial charge in [0.05, 0.1) is 0 Å². The average Bonchev–Trinajstić information content (AvgIpc) is 2.40. The molecule has 2 aromatic rings. The Morgan fingerprint density at radius 2 is 1.90 bits per heavy atom. The maximum absolute atomic E-state index is 5.98. The van der Waals surface area contributed by atoms with Crippen LogP contribution in [0.3, 0.4) is 0 Å². The van der Waals surface area contributed by atoms with Crippen molar-refractivity contribution in [3.8, 4) is 11.6 Å². The second-order valence-corrected chi connectivity index (χ2v) is 6.52. The summed E-state index contributed by atoms with van der Waals surface area (Å²) in [6.07, 6.45) is 1.72. The van der Waals surface area contributed by atoms with Crippen molar-refractivity contribution in [3.05, 3.63) is 53.2 Å². The summed E-state index contributed by atoms with van der Waals surface area (Å²) in [4.78, 5) is 4.31. The first-order valence-electron chi connectivity index (χ1n) is 7.28. The Bertz CT molecular complexity index is 627. The van der Waals surface area contributed by atoms with Crippen LogP contribution in [0.2, 0.25) is 0 Å². The molecule has 3 nitrogen and oxygen atoms in total. The Kier molecular flexibility index (Phi) is 4.33. The lowest BCUT2D eigenvalue weighted by Crippen LogP contribution is -2.11. The van der Waals surface area contributed by atoms with Gasteiger partial charge < -0.3 is 10.5 Å². The minimum Gasteiger partial charge on any atom is -0.438 e. The van der Waals surface area contributed by atoms with Crippen LogP contribution < -0.4 is 10.5 Å². The summed E-state index contributed by atoms with van der Waals surface area (Å²) in [6.45, 7) is 10.6. The summed E-state index contributed by atoms with van der Waals surface area (Å²) in [7, 11) is 0. The number of nitrogens with zero attached hydrogens (tertiary/aromatic N) is 1. The van der Waals surface area contributed by atoms with E-state index in [0.29, 0.717) is 5.88 Å². The van der Waals surface area contributed by atoms with Gasteiger partial charge in [0.15, 0.2) is 0 Å². The van der Waals surface area contributed by atoms with Gasteiger partial charge in [0, 0.05) is 17.8 Å². The Balaban J connectivity index is 2.33. The highest BCUT2D eigenvalue weighted by atomic mass is 16.5. The van der Waals surface area contributed by atoms with Crippen LogP contribution in [0.15, 0.2) is 36.5 Å². The predicted octanol–water partition coefficient (Wildman–Crippen LogP) is 4.50. The third kappa shape index (κ3) is 3.61. The molecule has 1 heterocycles. The van der Waals surface area contributed by atoms with Gasteiger partial charge in [0.25, 0.3) is 0 Å². The monoisotopic (exact) mass is 284 g/mol. The van der Waals surface area contributed by atoms with Gasteiger partial charge in [-0.3, -0.25) is 0 Å². The normalized spacial score (nSPS) is 13.0. The van der Waals surface area contributed by atoms with E-state index >= 15 is 0 Å². The van der Waals surface area contributed by atoms with Gasteiger partial charge >= 0.3 is 0 Å². The molecule has 0 aliphatic heterocycles. The van der Waals surface area contributed by atoms with Crippen LogP contribution in [0.25, 0.3) is 0 Å². The van der Waals surface area contributed by atoms with Crippen molar-refractivity contribution >= 4 is 0 Å². The van der Waals surface area contributed by atoms with Gasteiger partial charge in [-0.1, -0.05) is 39.0 Å². The number of aryl methyl sites for hydroxylation is 1. The molecule has 2 N–H and O–H groups in total. The van der Waals surface area contributed by atoms with E-state index in [1.165, 1.54) is 5.56 Å². The second kappa shape index (κ2) is 5.86. The van der Waals surface area contributed by atoms with Crippen LogP contribution in [-0.4, -0.2) is 4.98 Å². The zero-order valence-corrected chi connectivity index (χ0v) is 13.5. The van der Waals surface area contributed by atoms with Crippen LogP contribution in [0, 0.1) is 6.92 Å². The van der Waals surface area contributed by atoms with Crippen molar-refractivity contribution in [3.63, 3.8) is 0 Å². The Hall–Kier alpha value is -1.87. The molecule has 1 aromatic heterocycles. The fourth-order valence-corrected chi connectivity index (χ4v) is 2.17. The van der Waals surface area contributed by atoms with E-state index in [1.807, 2.05) is 25.1 Å². The summed E-state index contributed by atoms with van der Waals surface area (Å²) in [5.74, 6) is 1.41. The summed E-state index contributed by atoms with van der Waals surface area (Å²) in [5.41, 5.74) is 9.40. The molecular formula is C18H24N2O. The highest BCUT2D eigenvalue weighted by Crippen LogP contribution is 2.31. The van der Waals surface area contributed by atoms with Gasteiger partial charge in [0.1, 0.15) is 5.75 Å². The van der Waals surface area contributed by atoms with E-state index in [4.69, 9.17) is 10.5 Å². The molecule has 0 unspecified atom stereocenters. The topological polar surface area (TPSA) is 48.1 Å². The lowest BCUT2D eigenvalue weighted by molar-refractivity contribution is 0.448. The molecule has 21 heavy (non-hydrogen) atoms. The van der Waals surface area contributed by atoms with Crippen molar-refractivity contribution in [2.45, 2.75) is 46.1 Å². The molecule has 0 aliphatic carbocycles. The van der Waals surface area contributed by atoms with Crippen LogP contribution in [0.5, 0.6) is 11.6 Å². The quantitative estimate of drug-likeness (QED) is 0.902. The molecule has 2 rings (SSSR count). The third-order valence-electron chi connectivity index (χ3n) is 3.54. The number of hydrogen-bond acceptors (Lipinski definition) is 3. The number of rotatable bonds is 3. The van der Waals surface area contributed by atoms with Gasteiger partial charge in [-0.15, -0.1) is 0 Å². The Morgan fingerprint density at radius 3 is 2.48 bits per heavy atom. The zero-order valence-electron chi connectivity index (χ0n) is 13.5. The number of hydrogen-bond donors (Lipinski definition) is 1. The van der Waals surface area contributed by atoms with Crippen LogP contribution in [-0.2, 0) is 5.41 Å². The average molecular weight is 284 g/mol. The van der Waals surface area contributed by atoms with E-state index < -0.39 is 0 Å². The first kappa shape index (κ1) is 15.5. The van der Waals surface area contributed by atoms with Crippen molar-refractivity contribution in [2.75, 3.05) is 0 Å². The van der Waals surface area contributed by atoms with Crippen molar-refractivity contribution in [1.29, 1.82) is 0 Å². The van der Waals surface area contributed by atoms with Crippen LogP contribution in [0.1, 0.15) is 50.4 Å². The second-order valence-electron chi connectivity index (χ2n) is 6.52. The molecule has 0 radical (unpaired) electrons. The number of pyridine rings is 1. The van der Waals surface area contributed by atoms with Gasteiger partial charge in [-0.2, -0.15) is 0 Å². The van der Waals surface area contributed by atoms with E-state index in [0.717, 1.165) is 16.9 Å². The Labute approximate surface area is 127 Å². The number of ether oxygens (including phenoxy) is 1. The first-order valence-corrected chi connectivity index (χ1v) is 7.28. The largest absolute Gasteiger partial charge is 0.438 e. The summed E-state index contributed by atoms with van der Waals surface area (Å²) in [6, 6.07) is 10.0. The fourth-order valence-electron chi connectivity index (χ4n) is 2.17. The highest BCUT2D eigenvalue weighted by molar-refractivity contribution is 5.42. The van der Waals surface area contributed by atoms with Crippen molar-refractivity contribution < 1.29 is 4.74 Å². The lowest BCUT2D eigenvalue weighted by Gasteiger charge is -2.21. The van der Waals surface area contributed by atoms with Gasteiger partial charge in [0.2, 0.25) is 5.88 Å². The van der Waals surface area contributed by atoms with Crippen molar-refractivity contribution in [1.82, 2.24) is 4.98 Å². The molecular weight excluding hydrogens is 260 g/mol. The molecule has 3 heteroatoms. The standard InChI is InChI=1S/C18H24N2O/c1-12-11-14(18(3,4)5)8-9-16(12)21-17-15(13(2)19)7-6-10-20-17/h6-11,13H,19H2,1-5H3/t13-/m1/s1. The van der Waals surface area contributed by atoms with Gasteiger partial charge in [-0.05, 0) is 42.5 Å². The molecule has 0 saturated heterocycles. The zero-order chi connectivity index (χ0) is 15.6. The molecule has 0 aliphatic rings. The molecule has 1 aromatic carbocycles. The minimum absolute atomic E-state index is 0.108. The van der Waals surface area contributed by atoms with E-state index in [2.05, 4.69) is 44.8 Å². The highest BCUT2D eigenvalue weighted by Gasteiger charge is 2.16. The van der Waals surface area contributed by atoms with E-state index in [9.17, 15) is 0 Å². The first-order chi connectivity index (χ1) is 9.79. The fraction of sp³-hybridized carbons (Fsp3) is 0.389.